The Morgan fingerprint density at radius 1 is 1.41 bits per heavy atom. The lowest BCUT2D eigenvalue weighted by molar-refractivity contribution is 0.468. The van der Waals surface area contributed by atoms with Gasteiger partial charge in [0.1, 0.15) is 11.6 Å². The maximum atomic E-state index is 13.9. The van der Waals surface area contributed by atoms with Crippen LogP contribution in [0.1, 0.15) is 36.9 Å². The van der Waals surface area contributed by atoms with E-state index in [0.29, 0.717) is 12.0 Å². The van der Waals surface area contributed by atoms with Crippen LogP contribution in [0.15, 0.2) is 24.3 Å². The standard InChI is InChI=1S/C14H19F2N/c1-9(2)5-8-12(17-4)13-11(15)7-6-10(3)14(13)16/h6-7,12,17H,1,5,8H2,2-4H3. The molecule has 0 saturated heterocycles. The second-order valence-electron chi connectivity index (χ2n) is 4.43. The summed E-state index contributed by atoms with van der Waals surface area (Å²) in [6, 6.07) is 2.46. The molecule has 17 heavy (non-hydrogen) atoms. The molecule has 0 bridgehead atoms. The van der Waals surface area contributed by atoms with Gasteiger partial charge in [-0.25, -0.2) is 8.78 Å². The quantitative estimate of drug-likeness (QED) is 0.769. The summed E-state index contributed by atoms with van der Waals surface area (Å²) in [5.41, 5.74) is 1.62. The Morgan fingerprint density at radius 3 is 2.59 bits per heavy atom. The van der Waals surface area contributed by atoms with Crippen molar-refractivity contribution in [3.63, 3.8) is 0 Å². The predicted molar refractivity (Wildman–Crippen MR) is 66.9 cm³/mol. The van der Waals surface area contributed by atoms with Crippen molar-refractivity contribution in [1.82, 2.24) is 5.32 Å². The van der Waals surface area contributed by atoms with Crippen LogP contribution in [0, 0.1) is 18.6 Å². The summed E-state index contributed by atoms with van der Waals surface area (Å²) in [7, 11) is 1.71. The van der Waals surface area contributed by atoms with Gasteiger partial charge in [-0.3, -0.25) is 0 Å². The van der Waals surface area contributed by atoms with Crippen LogP contribution in [-0.2, 0) is 0 Å². The molecule has 0 radical (unpaired) electrons. The van der Waals surface area contributed by atoms with Gasteiger partial charge in [-0.15, -0.1) is 6.58 Å². The minimum absolute atomic E-state index is 0.133. The number of nitrogens with one attached hydrogen (secondary N) is 1. The minimum atomic E-state index is -0.492. The lowest BCUT2D eigenvalue weighted by Crippen LogP contribution is -2.19. The van der Waals surface area contributed by atoms with E-state index >= 15 is 0 Å². The summed E-state index contributed by atoms with van der Waals surface area (Å²) < 4.78 is 27.6. The van der Waals surface area contributed by atoms with Gasteiger partial charge in [0, 0.05) is 11.6 Å². The van der Waals surface area contributed by atoms with Crippen LogP contribution in [-0.4, -0.2) is 7.05 Å². The monoisotopic (exact) mass is 239 g/mol. The number of benzene rings is 1. The van der Waals surface area contributed by atoms with Crippen LogP contribution < -0.4 is 5.32 Å². The molecule has 0 aliphatic carbocycles. The topological polar surface area (TPSA) is 12.0 Å². The second kappa shape index (κ2) is 5.92. The van der Waals surface area contributed by atoms with Gasteiger partial charge in [-0.05, 0) is 45.4 Å². The molecule has 0 heterocycles. The summed E-state index contributed by atoms with van der Waals surface area (Å²) in [5, 5.41) is 2.96. The van der Waals surface area contributed by atoms with Crippen molar-refractivity contribution in [2.24, 2.45) is 0 Å². The third kappa shape index (κ3) is 3.37. The SMILES string of the molecule is C=C(C)CCC(NC)c1c(F)ccc(C)c1F. The van der Waals surface area contributed by atoms with Crippen molar-refractivity contribution < 1.29 is 8.78 Å². The average molecular weight is 239 g/mol. The van der Waals surface area contributed by atoms with Crippen molar-refractivity contribution in [3.8, 4) is 0 Å². The molecule has 0 spiro atoms. The molecule has 0 aliphatic rings. The lowest BCUT2D eigenvalue weighted by Gasteiger charge is -2.19. The summed E-state index contributed by atoms with van der Waals surface area (Å²) in [6.07, 6.45) is 1.39. The smallest absolute Gasteiger partial charge is 0.133 e. The average Bonchev–Trinajstić information content (AvgIpc) is 2.28. The van der Waals surface area contributed by atoms with Gasteiger partial charge in [-0.1, -0.05) is 11.6 Å². The zero-order chi connectivity index (χ0) is 13.0. The number of allylic oxidation sites excluding steroid dienone is 1. The zero-order valence-corrected chi connectivity index (χ0v) is 10.6. The van der Waals surface area contributed by atoms with Crippen molar-refractivity contribution in [2.75, 3.05) is 7.05 Å². The highest BCUT2D eigenvalue weighted by Crippen LogP contribution is 2.27. The van der Waals surface area contributed by atoms with Crippen molar-refractivity contribution in [2.45, 2.75) is 32.7 Å². The number of halogens is 2. The van der Waals surface area contributed by atoms with Gasteiger partial charge < -0.3 is 5.32 Å². The van der Waals surface area contributed by atoms with E-state index in [9.17, 15) is 8.78 Å². The molecule has 0 aliphatic heterocycles. The fourth-order valence-corrected chi connectivity index (χ4v) is 1.82. The van der Waals surface area contributed by atoms with Gasteiger partial charge in [0.2, 0.25) is 0 Å². The van der Waals surface area contributed by atoms with E-state index in [1.54, 1.807) is 14.0 Å². The molecule has 1 unspecified atom stereocenters. The molecule has 1 aromatic carbocycles. The van der Waals surface area contributed by atoms with Gasteiger partial charge in [0.05, 0.1) is 0 Å². The van der Waals surface area contributed by atoms with Crippen molar-refractivity contribution in [1.29, 1.82) is 0 Å². The molecule has 1 atom stereocenters. The van der Waals surface area contributed by atoms with Crippen LogP contribution in [0.3, 0.4) is 0 Å². The van der Waals surface area contributed by atoms with E-state index in [4.69, 9.17) is 0 Å². The molecule has 3 heteroatoms. The first-order valence-corrected chi connectivity index (χ1v) is 5.73. The fourth-order valence-electron chi connectivity index (χ4n) is 1.82. The van der Waals surface area contributed by atoms with Crippen molar-refractivity contribution >= 4 is 0 Å². The maximum absolute atomic E-state index is 13.9. The number of aryl methyl sites for hydroxylation is 1. The first kappa shape index (κ1) is 13.8. The Labute approximate surface area is 102 Å². The molecular weight excluding hydrogens is 220 g/mol. The molecule has 0 aromatic heterocycles. The maximum Gasteiger partial charge on any atom is 0.133 e. The van der Waals surface area contributed by atoms with Crippen LogP contribution in [0.4, 0.5) is 8.78 Å². The number of hydrogen-bond donors (Lipinski definition) is 1. The van der Waals surface area contributed by atoms with Crippen LogP contribution in [0.2, 0.25) is 0 Å². The van der Waals surface area contributed by atoms with Gasteiger partial charge >= 0.3 is 0 Å². The number of rotatable bonds is 5. The molecule has 1 aromatic rings. The molecule has 0 saturated carbocycles. The minimum Gasteiger partial charge on any atom is -0.313 e. The van der Waals surface area contributed by atoms with E-state index in [0.717, 1.165) is 12.0 Å². The highest BCUT2D eigenvalue weighted by atomic mass is 19.1. The van der Waals surface area contributed by atoms with Gasteiger partial charge in [-0.2, -0.15) is 0 Å². The van der Waals surface area contributed by atoms with E-state index in [1.165, 1.54) is 12.1 Å². The molecule has 94 valence electrons. The Kier molecular flexibility index (Phi) is 4.82. The van der Waals surface area contributed by atoms with E-state index in [2.05, 4.69) is 11.9 Å². The molecule has 1 nitrogen and oxygen atoms in total. The Morgan fingerprint density at radius 2 is 2.06 bits per heavy atom. The van der Waals surface area contributed by atoms with Gasteiger partial charge in [0.15, 0.2) is 0 Å². The summed E-state index contributed by atoms with van der Waals surface area (Å²) in [4.78, 5) is 0. The normalized spacial score (nSPS) is 12.5. The first-order valence-electron chi connectivity index (χ1n) is 5.73. The highest BCUT2D eigenvalue weighted by molar-refractivity contribution is 5.29. The largest absolute Gasteiger partial charge is 0.313 e. The van der Waals surface area contributed by atoms with E-state index < -0.39 is 11.6 Å². The van der Waals surface area contributed by atoms with E-state index in [1.807, 2.05) is 6.92 Å². The molecule has 0 fully saturated rings. The fraction of sp³-hybridized carbons (Fsp3) is 0.429. The van der Waals surface area contributed by atoms with Crippen molar-refractivity contribution in [3.05, 3.63) is 47.0 Å². The van der Waals surface area contributed by atoms with Crippen LogP contribution in [0.5, 0.6) is 0 Å². The summed E-state index contributed by atoms with van der Waals surface area (Å²) in [5.74, 6) is -0.944. The summed E-state index contributed by atoms with van der Waals surface area (Å²) >= 11 is 0. The molecule has 0 amide bonds. The Balaban J connectivity index is 3.02. The van der Waals surface area contributed by atoms with Gasteiger partial charge in [0.25, 0.3) is 0 Å². The molecule has 1 rings (SSSR count). The first-order chi connectivity index (χ1) is 7.97. The zero-order valence-electron chi connectivity index (χ0n) is 10.6. The number of hydrogen-bond acceptors (Lipinski definition) is 1. The predicted octanol–water partition coefficient (Wildman–Crippen LogP) is 3.89. The van der Waals surface area contributed by atoms with E-state index in [-0.39, 0.29) is 11.6 Å². The Bertz CT molecular complexity index is 413. The summed E-state index contributed by atoms with van der Waals surface area (Å²) in [6.45, 7) is 7.36. The van der Waals surface area contributed by atoms with Crippen LogP contribution in [0.25, 0.3) is 0 Å². The third-order valence-electron chi connectivity index (χ3n) is 2.88. The molecule has 1 N–H and O–H groups in total. The second-order valence-corrected chi connectivity index (χ2v) is 4.43. The molecular formula is C14H19F2N. The van der Waals surface area contributed by atoms with Crippen LogP contribution >= 0.6 is 0 Å². The highest BCUT2D eigenvalue weighted by Gasteiger charge is 2.19. The Hall–Kier alpha value is -1.22. The lowest BCUT2D eigenvalue weighted by atomic mass is 9.97. The third-order valence-corrected chi connectivity index (χ3v) is 2.88.